The van der Waals surface area contributed by atoms with Crippen LogP contribution in [0.3, 0.4) is 0 Å². The van der Waals surface area contributed by atoms with Crippen molar-refractivity contribution in [3.63, 3.8) is 0 Å². The van der Waals surface area contributed by atoms with E-state index >= 15 is 0 Å². The van der Waals surface area contributed by atoms with E-state index in [0.717, 1.165) is 5.56 Å². The van der Waals surface area contributed by atoms with Gasteiger partial charge in [0.05, 0.1) is 0 Å². The monoisotopic (exact) mass is 180 g/mol. The van der Waals surface area contributed by atoms with E-state index in [9.17, 15) is 9.59 Å². The Labute approximate surface area is 76.2 Å². The van der Waals surface area contributed by atoms with Gasteiger partial charge in [-0.05, 0) is 18.6 Å². The smallest absolute Gasteiger partial charge is 0.263 e. The number of hydrogen-bond acceptors (Lipinski definition) is 2. The Morgan fingerprint density at radius 2 is 2.15 bits per heavy atom. The predicted octanol–water partition coefficient (Wildman–Crippen LogP) is 0.0533. The first-order chi connectivity index (χ1) is 6.06. The van der Waals surface area contributed by atoms with Gasteiger partial charge >= 0.3 is 0 Å². The Hall–Kier alpha value is -1.58. The third-order valence-corrected chi connectivity index (χ3v) is 1.79. The first kappa shape index (κ1) is 9.51. The number of nitrogens with zero attached hydrogens (tertiary/aromatic N) is 1. The highest BCUT2D eigenvalue weighted by Crippen LogP contribution is 1.97. The number of carbonyl (C=O) groups excluding carboxylic acids is 1. The average Bonchev–Trinajstić information content (AvgIpc) is 2.10. The van der Waals surface area contributed by atoms with E-state index in [1.807, 2.05) is 6.92 Å². The molecule has 0 radical (unpaired) electrons. The molecule has 0 bridgehead atoms. The van der Waals surface area contributed by atoms with Crippen LogP contribution in [0.15, 0.2) is 17.1 Å². The standard InChI is InChI=1S/C9H12N2O2/c1-6-4-7(8(12)10-2)9(13)11(3)5-6/h4-5H,1-3H3,(H,10,12). The molecule has 1 amide bonds. The number of rotatable bonds is 1. The van der Waals surface area contributed by atoms with Gasteiger partial charge in [0.1, 0.15) is 5.56 Å². The average molecular weight is 180 g/mol. The van der Waals surface area contributed by atoms with E-state index in [0.29, 0.717) is 0 Å². The van der Waals surface area contributed by atoms with E-state index in [1.165, 1.54) is 11.6 Å². The SMILES string of the molecule is CNC(=O)c1cc(C)cn(C)c1=O. The Kier molecular flexibility index (Phi) is 2.51. The van der Waals surface area contributed by atoms with Gasteiger partial charge in [0.25, 0.3) is 11.5 Å². The summed E-state index contributed by atoms with van der Waals surface area (Å²) in [6.07, 6.45) is 1.69. The van der Waals surface area contributed by atoms with Crippen LogP contribution in [0, 0.1) is 6.92 Å². The van der Waals surface area contributed by atoms with Gasteiger partial charge in [0.15, 0.2) is 0 Å². The van der Waals surface area contributed by atoms with Gasteiger partial charge in [0, 0.05) is 20.3 Å². The molecular weight excluding hydrogens is 168 g/mol. The predicted molar refractivity (Wildman–Crippen MR) is 49.8 cm³/mol. The van der Waals surface area contributed by atoms with Crippen LogP contribution in [0.1, 0.15) is 15.9 Å². The Morgan fingerprint density at radius 1 is 1.54 bits per heavy atom. The van der Waals surface area contributed by atoms with Crippen molar-refractivity contribution in [1.82, 2.24) is 9.88 Å². The van der Waals surface area contributed by atoms with Crippen LogP contribution in [0.4, 0.5) is 0 Å². The molecule has 0 aliphatic heterocycles. The second kappa shape index (κ2) is 3.43. The van der Waals surface area contributed by atoms with Crippen molar-refractivity contribution in [1.29, 1.82) is 0 Å². The van der Waals surface area contributed by atoms with Crippen molar-refractivity contribution in [2.45, 2.75) is 6.92 Å². The number of hydrogen-bond donors (Lipinski definition) is 1. The maximum Gasteiger partial charge on any atom is 0.263 e. The molecule has 1 aromatic heterocycles. The van der Waals surface area contributed by atoms with Crippen molar-refractivity contribution < 1.29 is 4.79 Å². The Morgan fingerprint density at radius 3 is 2.69 bits per heavy atom. The molecule has 0 atom stereocenters. The first-order valence-corrected chi connectivity index (χ1v) is 3.95. The van der Waals surface area contributed by atoms with Gasteiger partial charge < -0.3 is 9.88 Å². The quantitative estimate of drug-likeness (QED) is 0.664. The molecule has 0 unspecified atom stereocenters. The van der Waals surface area contributed by atoms with Gasteiger partial charge in [-0.2, -0.15) is 0 Å². The summed E-state index contributed by atoms with van der Waals surface area (Å²) in [5.74, 6) is -0.343. The molecule has 0 saturated carbocycles. The van der Waals surface area contributed by atoms with Crippen molar-refractivity contribution >= 4 is 5.91 Å². The molecule has 1 rings (SSSR count). The summed E-state index contributed by atoms with van der Waals surface area (Å²) in [7, 11) is 3.13. The van der Waals surface area contributed by atoms with Gasteiger partial charge in [-0.15, -0.1) is 0 Å². The molecule has 4 nitrogen and oxygen atoms in total. The lowest BCUT2D eigenvalue weighted by Gasteiger charge is -2.03. The fourth-order valence-electron chi connectivity index (χ4n) is 1.18. The molecule has 0 spiro atoms. The molecule has 1 aromatic rings. The van der Waals surface area contributed by atoms with Crippen LogP contribution in [-0.2, 0) is 7.05 Å². The normalized spacial score (nSPS) is 9.77. The van der Waals surface area contributed by atoms with Crippen LogP contribution in [0.2, 0.25) is 0 Å². The molecule has 0 fully saturated rings. The lowest BCUT2D eigenvalue weighted by molar-refractivity contribution is 0.0961. The summed E-state index contributed by atoms with van der Waals surface area (Å²) < 4.78 is 1.40. The fourth-order valence-corrected chi connectivity index (χ4v) is 1.18. The minimum Gasteiger partial charge on any atom is -0.355 e. The number of nitrogens with one attached hydrogen (secondary N) is 1. The number of pyridine rings is 1. The first-order valence-electron chi connectivity index (χ1n) is 3.95. The third-order valence-electron chi connectivity index (χ3n) is 1.79. The summed E-state index contributed by atoms with van der Waals surface area (Å²) in [6, 6.07) is 1.58. The van der Waals surface area contributed by atoms with Crippen LogP contribution in [0.25, 0.3) is 0 Å². The molecule has 0 aliphatic rings. The minimum absolute atomic E-state index is 0.185. The number of aromatic nitrogens is 1. The topological polar surface area (TPSA) is 51.1 Å². The highest BCUT2D eigenvalue weighted by molar-refractivity contribution is 5.93. The highest BCUT2D eigenvalue weighted by atomic mass is 16.2. The summed E-state index contributed by atoms with van der Waals surface area (Å²) in [4.78, 5) is 22.6. The molecule has 0 aliphatic carbocycles. The van der Waals surface area contributed by atoms with Crippen molar-refractivity contribution in [2.24, 2.45) is 7.05 Å². The summed E-state index contributed by atoms with van der Waals surface area (Å²) >= 11 is 0. The molecule has 70 valence electrons. The molecule has 13 heavy (non-hydrogen) atoms. The lowest BCUT2D eigenvalue weighted by atomic mass is 10.2. The maximum absolute atomic E-state index is 11.4. The molecule has 0 saturated heterocycles. The summed E-state index contributed by atoms with van der Waals surface area (Å²) in [6.45, 7) is 1.84. The molecule has 4 heteroatoms. The second-order valence-corrected chi connectivity index (χ2v) is 2.93. The highest BCUT2D eigenvalue weighted by Gasteiger charge is 2.09. The van der Waals surface area contributed by atoms with Gasteiger partial charge in [-0.1, -0.05) is 0 Å². The largest absolute Gasteiger partial charge is 0.355 e. The van der Waals surface area contributed by atoms with Gasteiger partial charge in [-0.3, -0.25) is 9.59 Å². The Balaban J connectivity index is 3.37. The lowest BCUT2D eigenvalue weighted by Crippen LogP contribution is -2.30. The summed E-state index contributed by atoms with van der Waals surface area (Å²) in [5.41, 5.74) is 0.802. The van der Waals surface area contributed by atoms with E-state index in [4.69, 9.17) is 0 Å². The van der Waals surface area contributed by atoms with Crippen molar-refractivity contribution in [3.05, 3.63) is 33.7 Å². The van der Waals surface area contributed by atoms with Crippen LogP contribution in [0.5, 0.6) is 0 Å². The van der Waals surface area contributed by atoms with E-state index in [-0.39, 0.29) is 17.0 Å². The molecule has 1 N–H and O–H groups in total. The van der Waals surface area contributed by atoms with Crippen molar-refractivity contribution in [3.8, 4) is 0 Å². The second-order valence-electron chi connectivity index (χ2n) is 2.93. The maximum atomic E-state index is 11.4. The van der Waals surface area contributed by atoms with E-state index in [2.05, 4.69) is 5.32 Å². The van der Waals surface area contributed by atoms with Gasteiger partial charge in [0.2, 0.25) is 0 Å². The number of aryl methyl sites for hydroxylation is 2. The van der Waals surface area contributed by atoms with Crippen LogP contribution in [-0.4, -0.2) is 17.5 Å². The number of carbonyl (C=O) groups is 1. The van der Waals surface area contributed by atoms with E-state index in [1.54, 1.807) is 19.3 Å². The van der Waals surface area contributed by atoms with Gasteiger partial charge in [-0.25, -0.2) is 0 Å². The zero-order valence-electron chi connectivity index (χ0n) is 7.92. The molecular formula is C9H12N2O2. The Bertz CT molecular complexity index is 393. The fraction of sp³-hybridized carbons (Fsp3) is 0.333. The van der Waals surface area contributed by atoms with Crippen molar-refractivity contribution in [2.75, 3.05) is 7.05 Å². The zero-order chi connectivity index (χ0) is 10.0. The molecule has 1 heterocycles. The van der Waals surface area contributed by atoms with E-state index < -0.39 is 0 Å². The van der Waals surface area contributed by atoms with Crippen LogP contribution >= 0.6 is 0 Å². The third kappa shape index (κ3) is 1.77. The minimum atomic E-state index is -0.343. The van der Waals surface area contributed by atoms with Crippen LogP contribution < -0.4 is 10.9 Å². The zero-order valence-corrected chi connectivity index (χ0v) is 7.92. The number of amides is 1. The molecule has 0 aromatic carbocycles. The summed E-state index contributed by atoms with van der Waals surface area (Å²) in [5, 5.41) is 2.42.